The average Bonchev–Trinajstić information content (AvgIpc) is 2.84. The van der Waals surface area contributed by atoms with E-state index in [0.717, 1.165) is 17.7 Å². The number of carbonyl (C=O) groups excluding carboxylic acids is 3. The predicted octanol–water partition coefficient (Wildman–Crippen LogP) is 2.29. The maximum absolute atomic E-state index is 13.3. The minimum absolute atomic E-state index is 0.320. The molecule has 0 radical (unpaired) electrons. The van der Waals surface area contributed by atoms with Crippen molar-refractivity contribution in [1.29, 1.82) is 0 Å². The SMILES string of the molecule is CCCC[C@@]1(c2ccc(F)cc2)NC(=O)N(CC(=O)NCCC)C1=O. The fourth-order valence-electron chi connectivity index (χ4n) is 2.92. The zero-order valence-electron chi connectivity index (χ0n) is 14.6. The lowest BCUT2D eigenvalue weighted by molar-refractivity contribution is -0.135. The summed E-state index contributed by atoms with van der Waals surface area (Å²) in [4.78, 5) is 38.2. The summed E-state index contributed by atoms with van der Waals surface area (Å²) in [5.41, 5.74) is -0.719. The van der Waals surface area contributed by atoms with Gasteiger partial charge in [-0.05, 0) is 30.5 Å². The van der Waals surface area contributed by atoms with Crippen LogP contribution >= 0.6 is 0 Å². The molecule has 136 valence electrons. The first-order valence-corrected chi connectivity index (χ1v) is 8.61. The van der Waals surface area contributed by atoms with Gasteiger partial charge in [-0.25, -0.2) is 9.18 Å². The van der Waals surface area contributed by atoms with Gasteiger partial charge in [-0.3, -0.25) is 14.5 Å². The molecule has 0 spiro atoms. The van der Waals surface area contributed by atoms with E-state index >= 15 is 0 Å². The van der Waals surface area contributed by atoms with Crippen LogP contribution in [-0.2, 0) is 15.1 Å². The molecule has 0 aliphatic carbocycles. The molecule has 4 amide bonds. The Balaban J connectivity index is 2.28. The summed E-state index contributed by atoms with van der Waals surface area (Å²) < 4.78 is 13.3. The Morgan fingerprint density at radius 1 is 1.20 bits per heavy atom. The van der Waals surface area contributed by atoms with Gasteiger partial charge in [-0.2, -0.15) is 0 Å². The van der Waals surface area contributed by atoms with E-state index in [1.807, 2.05) is 13.8 Å². The molecule has 1 aliphatic heterocycles. The molecule has 2 rings (SSSR count). The monoisotopic (exact) mass is 349 g/mol. The molecular weight excluding hydrogens is 325 g/mol. The first-order valence-electron chi connectivity index (χ1n) is 8.61. The summed E-state index contributed by atoms with van der Waals surface area (Å²) in [5, 5.41) is 5.39. The van der Waals surface area contributed by atoms with Crippen LogP contribution in [0.25, 0.3) is 0 Å². The predicted molar refractivity (Wildman–Crippen MR) is 91.1 cm³/mol. The molecule has 6 nitrogen and oxygen atoms in total. The quantitative estimate of drug-likeness (QED) is 0.707. The molecule has 1 aromatic carbocycles. The Bertz CT molecular complexity index is 647. The topological polar surface area (TPSA) is 78.5 Å². The molecule has 0 unspecified atom stereocenters. The summed E-state index contributed by atoms with van der Waals surface area (Å²) in [5.74, 6) is -1.26. The van der Waals surface area contributed by atoms with Crippen molar-refractivity contribution in [2.75, 3.05) is 13.1 Å². The van der Waals surface area contributed by atoms with Crippen molar-refractivity contribution in [3.8, 4) is 0 Å². The zero-order chi connectivity index (χ0) is 18.4. The molecule has 1 saturated heterocycles. The van der Waals surface area contributed by atoms with Crippen molar-refractivity contribution in [3.63, 3.8) is 0 Å². The Kier molecular flexibility index (Phi) is 6.12. The maximum Gasteiger partial charge on any atom is 0.325 e. The maximum atomic E-state index is 13.3. The van der Waals surface area contributed by atoms with Gasteiger partial charge in [0.2, 0.25) is 5.91 Å². The highest BCUT2D eigenvalue weighted by molar-refractivity contribution is 6.09. The third-order valence-electron chi connectivity index (χ3n) is 4.29. The van der Waals surface area contributed by atoms with Crippen LogP contribution in [0.4, 0.5) is 9.18 Å². The lowest BCUT2D eigenvalue weighted by Crippen LogP contribution is -2.45. The van der Waals surface area contributed by atoms with Gasteiger partial charge in [0.1, 0.15) is 17.9 Å². The largest absolute Gasteiger partial charge is 0.355 e. The number of nitrogens with one attached hydrogen (secondary N) is 2. The van der Waals surface area contributed by atoms with Gasteiger partial charge in [0.15, 0.2) is 0 Å². The van der Waals surface area contributed by atoms with Crippen molar-refractivity contribution in [3.05, 3.63) is 35.6 Å². The fraction of sp³-hybridized carbons (Fsp3) is 0.500. The second-order valence-electron chi connectivity index (χ2n) is 6.19. The number of imide groups is 1. The van der Waals surface area contributed by atoms with E-state index in [4.69, 9.17) is 0 Å². The Morgan fingerprint density at radius 3 is 2.48 bits per heavy atom. The van der Waals surface area contributed by atoms with E-state index in [0.29, 0.717) is 24.9 Å². The number of rotatable bonds is 8. The van der Waals surface area contributed by atoms with Gasteiger partial charge in [0.05, 0.1) is 0 Å². The van der Waals surface area contributed by atoms with E-state index < -0.39 is 23.3 Å². The van der Waals surface area contributed by atoms with Crippen LogP contribution in [0.2, 0.25) is 0 Å². The molecule has 1 aliphatic rings. The average molecular weight is 349 g/mol. The molecule has 1 atom stereocenters. The number of urea groups is 1. The minimum atomic E-state index is -1.24. The van der Waals surface area contributed by atoms with Crippen LogP contribution in [0.15, 0.2) is 24.3 Å². The van der Waals surface area contributed by atoms with Crippen molar-refractivity contribution in [2.45, 2.75) is 45.1 Å². The number of benzene rings is 1. The van der Waals surface area contributed by atoms with Gasteiger partial charge in [-0.15, -0.1) is 0 Å². The molecule has 1 fully saturated rings. The summed E-state index contributed by atoms with van der Waals surface area (Å²) in [7, 11) is 0. The lowest BCUT2D eigenvalue weighted by atomic mass is 9.85. The van der Waals surface area contributed by atoms with Gasteiger partial charge >= 0.3 is 6.03 Å². The van der Waals surface area contributed by atoms with Gasteiger partial charge in [0.25, 0.3) is 5.91 Å². The van der Waals surface area contributed by atoms with E-state index in [1.165, 1.54) is 24.3 Å². The van der Waals surface area contributed by atoms with E-state index in [9.17, 15) is 18.8 Å². The van der Waals surface area contributed by atoms with Crippen LogP contribution in [0, 0.1) is 5.82 Å². The first kappa shape index (κ1) is 18.9. The fourth-order valence-corrected chi connectivity index (χ4v) is 2.92. The third kappa shape index (κ3) is 3.97. The zero-order valence-corrected chi connectivity index (χ0v) is 14.6. The molecule has 1 aromatic rings. The molecule has 7 heteroatoms. The number of carbonyl (C=O) groups is 3. The van der Waals surface area contributed by atoms with Gasteiger partial charge in [0, 0.05) is 6.54 Å². The summed E-state index contributed by atoms with van der Waals surface area (Å²) in [6.07, 6.45) is 2.71. The molecule has 25 heavy (non-hydrogen) atoms. The highest BCUT2D eigenvalue weighted by atomic mass is 19.1. The number of amides is 4. The van der Waals surface area contributed by atoms with Crippen LogP contribution in [0.5, 0.6) is 0 Å². The highest BCUT2D eigenvalue weighted by Crippen LogP contribution is 2.34. The number of unbranched alkanes of at least 4 members (excludes halogenated alkanes) is 1. The Morgan fingerprint density at radius 2 is 1.88 bits per heavy atom. The van der Waals surface area contributed by atoms with Crippen molar-refractivity contribution in [1.82, 2.24) is 15.5 Å². The van der Waals surface area contributed by atoms with Crippen molar-refractivity contribution in [2.24, 2.45) is 0 Å². The van der Waals surface area contributed by atoms with Crippen molar-refractivity contribution < 1.29 is 18.8 Å². The van der Waals surface area contributed by atoms with Crippen LogP contribution in [0.3, 0.4) is 0 Å². The Labute approximate surface area is 146 Å². The van der Waals surface area contributed by atoms with Crippen molar-refractivity contribution >= 4 is 17.8 Å². The number of hydrogen-bond donors (Lipinski definition) is 2. The number of halogens is 1. The summed E-state index contributed by atoms with van der Waals surface area (Å²) >= 11 is 0. The van der Waals surface area contributed by atoms with Gasteiger partial charge in [-0.1, -0.05) is 38.8 Å². The molecule has 2 N–H and O–H groups in total. The number of nitrogens with zero attached hydrogens (tertiary/aromatic N) is 1. The number of hydrogen-bond acceptors (Lipinski definition) is 3. The molecule has 1 heterocycles. The highest BCUT2D eigenvalue weighted by Gasteiger charge is 2.52. The molecular formula is C18H24FN3O3. The molecule has 0 bridgehead atoms. The molecule has 0 saturated carbocycles. The van der Waals surface area contributed by atoms with Crippen LogP contribution < -0.4 is 10.6 Å². The molecule has 0 aromatic heterocycles. The van der Waals surface area contributed by atoms with Crippen LogP contribution in [-0.4, -0.2) is 35.8 Å². The Hall–Kier alpha value is -2.44. The van der Waals surface area contributed by atoms with E-state index in [-0.39, 0.29) is 12.5 Å². The second-order valence-corrected chi connectivity index (χ2v) is 6.19. The third-order valence-corrected chi connectivity index (χ3v) is 4.29. The van der Waals surface area contributed by atoms with E-state index in [1.54, 1.807) is 0 Å². The summed E-state index contributed by atoms with van der Waals surface area (Å²) in [6, 6.07) is 4.93. The normalized spacial score (nSPS) is 19.9. The van der Waals surface area contributed by atoms with Gasteiger partial charge < -0.3 is 10.6 Å². The second kappa shape index (κ2) is 8.09. The minimum Gasteiger partial charge on any atom is -0.355 e. The lowest BCUT2D eigenvalue weighted by Gasteiger charge is -2.27. The smallest absolute Gasteiger partial charge is 0.325 e. The standard InChI is InChI=1S/C18H24FN3O3/c1-3-5-10-18(13-6-8-14(19)9-7-13)16(24)22(17(25)21-18)12-15(23)20-11-4-2/h6-9H,3-5,10-12H2,1-2H3,(H,20,23)(H,21,25)/t18-/m0/s1. The van der Waals surface area contributed by atoms with E-state index in [2.05, 4.69) is 10.6 Å². The first-order chi connectivity index (χ1) is 11.9. The summed E-state index contributed by atoms with van der Waals surface area (Å²) in [6.45, 7) is 4.06. The van der Waals surface area contributed by atoms with Crippen LogP contribution in [0.1, 0.15) is 45.1 Å².